The van der Waals surface area contributed by atoms with E-state index in [2.05, 4.69) is 24.1 Å². The summed E-state index contributed by atoms with van der Waals surface area (Å²) in [6, 6.07) is 3.02. The van der Waals surface area contributed by atoms with Crippen LogP contribution in [0.5, 0.6) is 5.88 Å². The molecule has 0 aliphatic rings. The Morgan fingerprint density at radius 3 is 2.53 bits per heavy atom. The van der Waals surface area contributed by atoms with E-state index in [-0.39, 0.29) is 17.5 Å². The van der Waals surface area contributed by atoms with Gasteiger partial charge in [-0.15, -0.1) is 0 Å². The van der Waals surface area contributed by atoms with Crippen LogP contribution in [-0.2, 0) is 0 Å². The average Bonchev–Trinajstić information content (AvgIpc) is 2.39. The zero-order chi connectivity index (χ0) is 14.4. The summed E-state index contributed by atoms with van der Waals surface area (Å²) in [4.78, 5) is 14.7. The lowest BCUT2D eigenvalue weighted by Gasteiger charge is -2.22. The monoisotopic (exact) mass is 267 g/mol. The van der Waals surface area contributed by atoms with Gasteiger partial charge in [0, 0.05) is 18.2 Å². The van der Waals surface area contributed by atoms with Crippen LogP contribution in [0.4, 0.5) is 11.5 Å². The van der Waals surface area contributed by atoms with E-state index in [9.17, 15) is 10.1 Å². The fourth-order valence-electron chi connectivity index (χ4n) is 2.13. The maximum atomic E-state index is 11.0. The Balaban J connectivity index is 3.00. The molecular weight excluding hydrogens is 246 g/mol. The molecule has 0 radical (unpaired) electrons. The van der Waals surface area contributed by atoms with Gasteiger partial charge in [-0.25, -0.2) is 0 Å². The predicted molar refractivity (Wildman–Crippen MR) is 74.6 cm³/mol. The van der Waals surface area contributed by atoms with Crippen molar-refractivity contribution in [1.29, 1.82) is 0 Å². The summed E-state index contributed by atoms with van der Waals surface area (Å²) < 4.78 is 5.01. The second-order valence-electron chi connectivity index (χ2n) is 4.49. The molecule has 6 heteroatoms. The number of nitrogens with zero attached hydrogens (tertiary/aromatic N) is 2. The van der Waals surface area contributed by atoms with E-state index in [1.807, 2.05) is 6.92 Å². The summed E-state index contributed by atoms with van der Waals surface area (Å²) in [5, 5.41) is 14.1. The molecule has 106 valence electrons. The number of aromatic nitrogens is 1. The van der Waals surface area contributed by atoms with Gasteiger partial charge in [0.1, 0.15) is 0 Å². The van der Waals surface area contributed by atoms with Crippen LogP contribution in [0.1, 0.15) is 33.6 Å². The van der Waals surface area contributed by atoms with Gasteiger partial charge < -0.3 is 10.1 Å². The molecule has 0 aliphatic heterocycles. The molecule has 1 unspecified atom stereocenters. The van der Waals surface area contributed by atoms with Crippen molar-refractivity contribution in [3.05, 3.63) is 22.2 Å². The number of nitro groups is 1. The molecule has 0 aliphatic carbocycles. The molecule has 0 bridgehead atoms. The number of anilines is 1. The van der Waals surface area contributed by atoms with E-state index in [4.69, 9.17) is 4.74 Å². The summed E-state index contributed by atoms with van der Waals surface area (Å²) >= 11 is 0. The lowest BCUT2D eigenvalue weighted by Crippen LogP contribution is -2.26. The Labute approximate surface area is 113 Å². The van der Waals surface area contributed by atoms with Crippen molar-refractivity contribution in [3.63, 3.8) is 0 Å². The third-order valence-corrected chi connectivity index (χ3v) is 3.37. The van der Waals surface area contributed by atoms with Crippen molar-refractivity contribution < 1.29 is 9.66 Å². The van der Waals surface area contributed by atoms with Gasteiger partial charge in [0.15, 0.2) is 0 Å². The predicted octanol–water partition coefficient (Wildman–Crippen LogP) is 3.24. The number of pyridine rings is 1. The molecule has 0 fully saturated rings. The number of nitrogens with one attached hydrogen (secondary N) is 1. The summed E-state index contributed by atoms with van der Waals surface area (Å²) in [5.41, 5.74) is -0.0291. The number of rotatable bonds is 7. The van der Waals surface area contributed by atoms with Gasteiger partial charge in [-0.2, -0.15) is 4.98 Å². The second kappa shape index (κ2) is 6.92. The fraction of sp³-hybridized carbons (Fsp3) is 0.615. The first kappa shape index (κ1) is 15.2. The van der Waals surface area contributed by atoms with Gasteiger partial charge in [0.2, 0.25) is 11.7 Å². The van der Waals surface area contributed by atoms with Crippen LogP contribution >= 0.6 is 0 Å². The molecule has 0 spiro atoms. The maximum Gasteiger partial charge on any atom is 0.311 e. The van der Waals surface area contributed by atoms with Crippen LogP contribution in [0.2, 0.25) is 0 Å². The van der Waals surface area contributed by atoms with Crippen LogP contribution < -0.4 is 10.1 Å². The molecule has 1 aromatic rings. The van der Waals surface area contributed by atoms with E-state index in [0.29, 0.717) is 11.8 Å². The van der Waals surface area contributed by atoms with Crippen molar-refractivity contribution in [2.75, 3.05) is 12.4 Å². The van der Waals surface area contributed by atoms with Crippen LogP contribution in [0.3, 0.4) is 0 Å². The SMILES string of the molecule is CCC(CC)C(C)Nc1nc(OC)ccc1[N+](=O)[O-]. The minimum absolute atomic E-state index is 0.0291. The van der Waals surface area contributed by atoms with Gasteiger partial charge in [-0.3, -0.25) is 10.1 Å². The topological polar surface area (TPSA) is 77.3 Å². The molecular formula is C13H21N3O3. The summed E-state index contributed by atoms with van der Waals surface area (Å²) in [6.45, 7) is 6.24. The summed E-state index contributed by atoms with van der Waals surface area (Å²) in [6.07, 6.45) is 2.03. The van der Waals surface area contributed by atoms with Crippen molar-refractivity contribution in [3.8, 4) is 5.88 Å². The van der Waals surface area contributed by atoms with Crippen molar-refractivity contribution in [1.82, 2.24) is 4.98 Å². The Hall–Kier alpha value is -1.85. The van der Waals surface area contributed by atoms with Gasteiger partial charge >= 0.3 is 5.69 Å². The molecule has 1 rings (SSSR count). The molecule has 0 saturated carbocycles. The Kier molecular flexibility index (Phi) is 5.54. The lowest BCUT2D eigenvalue weighted by molar-refractivity contribution is -0.384. The molecule has 0 saturated heterocycles. The van der Waals surface area contributed by atoms with Gasteiger partial charge in [0.05, 0.1) is 12.0 Å². The van der Waals surface area contributed by atoms with E-state index < -0.39 is 4.92 Å². The van der Waals surface area contributed by atoms with E-state index in [1.54, 1.807) is 0 Å². The molecule has 1 heterocycles. The maximum absolute atomic E-state index is 11.0. The first-order valence-electron chi connectivity index (χ1n) is 6.49. The normalized spacial score (nSPS) is 12.3. The highest BCUT2D eigenvalue weighted by atomic mass is 16.6. The number of methoxy groups -OCH3 is 1. The molecule has 1 N–H and O–H groups in total. The lowest BCUT2D eigenvalue weighted by atomic mass is 9.95. The van der Waals surface area contributed by atoms with E-state index >= 15 is 0 Å². The van der Waals surface area contributed by atoms with E-state index in [0.717, 1.165) is 12.8 Å². The second-order valence-corrected chi connectivity index (χ2v) is 4.49. The highest BCUT2D eigenvalue weighted by Crippen LogP contribution is 2.27. The van der Waals surface area contributed by atoms with Crippen molar-refractivity contribution in [2.24, 2.45) is 5.92 Å². The van der Waals surface area contributed by atoms with Crippen LogP contribution in [-0.4, -0.2) is 23.1 Å². The molecule has 1 atom stereocenters. The minimum Gasteiger partial charge on any atom is -0.481 e. The number of hydrogen-bond acceptors (Lipinski definition) is 5. The molecule has 6 nitrogen and oxygen atoms in total. The summed E-state index contributed by atoms with van der Waals surface area (Å²) in [7, 11) is 1.49. The van der Waals surface area contributed by atoms with Crippen molar-refractivity contribution >= 4 is 11.5 Å². The summed E-state index contributed by atoms with van der Waals surface area (Å²) in [5.74, 6) is 1.08. The highest BCUT2D eigenvalue weighted by molar-refractivity contribution is 5.57. The Morgan fingerprint density at radius 1 is 1.42 bits per heavy atom. The van der Waals surface area contributed by atoms with Gasteiger partial charge in [0.25, 0.3) is 0 Å². The number of hydrogen-bond donors (Lipinski definition) is 1. The smallest absolute Gasteiger partial charge is 0.311 e. The Morgan fingerprint density at radius 2 is 2.05 bits per heavy atom. The zero-order valence-corrected chi connectivity index (χ0v) is 11.8. The van der Waals surface area contributed by atoms with Crippen LogP contribution in [0, 0.1) is 16.0 Å². The molecule has 19 heavy (non-hydrogen) atoms. The first-order valence-corrected chi connectivity index (χ1v) is 6.49. The molecule has 0 aromatic carbocycles. The molecule has 1 aromatic heterocycles. The standard InChI is InChI=1S/C13H21N3O3/c1-5-10(6-2)9(3)14-13-11(16(17)18)7-8-12(15-13)19-4/h7-10H,5-6H2,1-4H3,(H,14,15). The fourth-order valence-corrected chi connectivity index (χ4v) is 2.13. The third kappa shape index (κ3) is 3.81. The average molecular weight is 267 g/mol. The van der Waals surface area contributed by atoms with Crippen molar-refractivity contribution in [2.45, 2.75) is 39.7 Å². The zero-order valence-electron chi connectivity index (χ0n) is 11.8. The van der Waals surface area contributed by atoms with E-state index in [1.165, 1.54) is 19.2 Å². The van der Waals surface area contributed by atoms with Crippen LogP contribution in [0.25, 0.3) is 0 Å². The van der Waals surface area contributed by atoms with Gasteiger partial charge in [-0.1, -0.05) is 26.7 Å². The minimum atomic E-state index is -0.436. The quantitative estimate of drug-likeness (QED) is 0.606. The third-order valence-electron chi connectivity index (χ3n) is 3.37. The van der Waals surface area contributed by atoms with Gasteiger partial charge in [-0.05, 0) is 12.8 Å². The largest absolute Gasteiger partial charge is 0.481 e. The number of ether oxygens (including phenoxy) is 1. The Bertz CT molecular complexity index is 433. The first-order chi connectivity index (χ1) is 9.03. The molecule has 0 amide bonds. The van der Waals surface area contributed by atoms with Crippen LogP contribution in [0.15, 0.2) is 12.1 Å². The highest BCUT2D eigenvalue weighted by Gasteiger charge is 2.21.